The second kappa shape index (κ2) is 6.70. The molecular weight excluding hydrogens is 328 g/mol. The fourth-order valence-electron chi connectivity index (χ4n) is 4.70. The lowest BCUT2D eigenvalue weighted by atomic mass is 9.55. The van der Waals surface area contributed by atoms with Crippen LogP contribution in [0.15, 0.2) is 83.6 Å². The van der Waals surface area contributed by atoms with Gasteiger partial charge in [0.1, 0.15) is 0 Å². The van der Waals surface area contributed by atoms with E-state index >= 15 is 0 Å². The quantitative estimate of drug-likeness (QED) is 0.508. The normalized spacial score (nSPS) is 15.6. The molecule has 0 atom stereocenters. The zero-order valence-electron chi connectivity index (χ0n) is 17.1. The van der Waals surface area contributed by atoms with Crippen molar-refractivity contribution in [3.63, 3.8) is 0 Å². The molecule has 0 saturated carbocycles. The summed E-state index contributed by atoms with van der Waals surface area (Å²) >= 11 is 0. The number of hydrogen-bond acceptors (Lipinski definition) is 0. The molecule has 1 heteroatoms. The van der Waals surface area contributed by atoms with Gasteiger partial charge >= 0.3 is 0 Å². The molecule has 0 spiro atoms. The largest absolute Gasteiger partial charge is 0.0812 e. The monoisotopic (exact) mass is 360 g/mol. The Morgan fingerprint density at radius 1 is 0.692 bits per heavy atom. The van der Waals surface area contributed by atoms with Crippen molar-refractivity contribution in [2.24, 2.45) is 5.41 Å². The molecule has 0 N–H and O–H groups in total. The summed E-state index contributed by atoms with van der Waals surface area (Å²) in [4.78, 5) is 0. The van der Waals surface area contributed by atoms with Gasteiger partial charge in [0.05, 0.1) is 8.07 Å². The molecule has 136 valence electrons. The molecule has 0 bridgehead atoms. The first-order valence-electron chi connectivity index (χ1n) is 9.72. The van der Waals surface area contributed by atoms with Gasteiger partial charge in [0.2, 0.25) is 0 Å². The fraction of sp³-hybridized carbons (Fsp3) is 0.360. The third kappa shape index (κ3) is 3.03. The van der Waals surface area contributed by atoms with Gasteiger partial charge in [0.25, 0.3) is 0 Å². The Morgan fingerprint density at radius 2 is 1.15 bits per heavy atom. The number of allylic oxidation sites excluding steroid dienone is 4. The lowest BCUT2D eigenvalue weighted by Crippen LogP contribution is -2.45. The van der Waals surface area contributed by atoms with Crippen LogP contribution in [0.1, 0.15) is 38.3 Å². The van der Waals surface area contributed by atoms with E-state index in [2.05, 4.69) is 113 Å². The minimum Gasteiger partial charge on any atom is -0.0812 e. The van der Waals surface area contributed by atoms with Gasteiger partial charge in [-0.05, 0) is 28.5 Å². The highest BCUT2D eigenvalue weighted by Gasteiger charge is 2.50. The number of benzene rings is 2. The Kier molecular flexibility index (Phi) is 4.87. The SMILES string of the molecule is CC(C)(C)C(C1=CCC=C1[Si](C)(C)C)(c1ccccc1)c1ccccc1. The van der Waals surface area contributed by atoms with Gasteiger partial charge in [-0.1, -0.05) is 118 Å². The molecular formula is C25H32Si. The van der Waals surface area contributed by atoms with Gasteiger partial charge in [-0.3, -0.25) is 0 Å². The van der Waals surface area contributed by atoms with Crippen LogP contribution in [0.5, 0.6) is 0 Å². The van der Waals surface area contributed by atoms with Crippen molar-refractivity contribution in [1.82, 2.24) is 0 Å². The first-order valence-corrected chi connectivity index (χ1v) is 13.2. The average Bonchev–Trinajstić information content (AvgIpc) is 3.06. The minimum absolute atomic E-state index is 0.0462. The Labute approximate surface area is 160 Å². The van der Waals surface area contributed by atoms with Crippen LogP contribution < -0.4 is 0 Å². The van der Waals surface area contributed by atoms with Crippen LogP contribution >= 0.6 is 0 Å². The third-order valence-corrected chi connectivity index (χ3v) is 7.77. The highest BCUT2D eigenvalue weighted by molar-refractivity contribution is 6.84. The molecule has 0 aromatic heterocycles. The van der Waals surface area contributed by atoms with Crippen LogP contribution in [0.4, 0.5) is 0 Å². The maximum absolute atomic E-state index is 2.50. The van der Waals surface area contributed by atoms with Crippen LogP contribution in [0.25, 0.3) is 0 Å². The van der Waals surface area contributed by atoms with Crippen molar-refractivity contribution >= 4 is 8.07 Å². The molecule has 0 nitrogen and oxygen atoms in total. The van der Waals surface area contributed by atoms with E-state index in [1.54, 1.807) is 10.8 Å². The Bertz CT molecular complexity index is 772. The molecule has 0 unspecified atom stereocenters. The summed E-state index contributed by atoms with van der Waals surface area (Å²) in [5, 5.41) is 1.63. The fourth-order valence-corrected chi connectivity index (χ4v) is 6.53. The standard InChI is InChI=1S/C25H32Si/c1-24(2,3)25(20-14-9-7-10-15-20,21-16-11-8-12-17-21)22-18-13-19-23(22)26(4,5)6/h7-12,14-19H,13H2,1-6H3. The summed E-state index contributed by atoms with van der Waals surface area (Å²) in [7, 11) is -1.45. The van der Waals surface area contributed by atoms with Crippen molar-refractivity contribution in [3.8, 4) is 0 Å². The van der Waals surface area contributed by atoms with Gasteiger partial charge in [-0.25, -0.2) is 0 Å². The molecule has 0 heterocycles. The Hall–Kier alpha value is -1.86. The lowest BCUT2D eigenvalue weighted by Gasteiger charge is -2.49. The Morgan fingerprint density at radius 3 is 1.54 bits per heavy atom. The average molecular weight is 361 g/mol. The van der Waals surface area contributed by atoms with Crippen molar-refractivity contribution in [2.45, 2.75) is 52.2 Å². The molecule has 0 radical (unpaired) electrons. The molecule has 1 aliphatic carbocycles. The van der Waals surface area contributed by atoms with E-state index in [1.165, 1.54) is 11.1 Å². The first kappa shape index (κ1) is 18.9. The van der Waals surface area contributed by atoms with Crippen LogP contribution in [0, 0.1) is 5.41 Å². The van der Waals surface area contributed by atoms with E-state index in [4.69, 9.17) is 0 Å². The lowest BCUT2D eigenvalue weighted by molar-refractivity contribution is 0.271. The van der Waals surface area contributed by atoms with E-state index in [9.17, 15) is 0 Å². The van der Waals surface area contributed by atoms with Crippen LogP contribution in [-0.2, 0) is 5.41 Å². The van der Waals surface area contributed by atoms with Crippen molar-refractivity contribution in [2.75, 3.05) is 0 Å². The summed E-state index contributed by atoms with van der Waals surface area (Å²) in [5.41, 5.74) is 4.25. The summed E-state index contributed by atoms with van der Waals surface area (Å²) < 4.78 is 0. The highest BCUT2D eigenvalue weighted by Crippen LogP contribution is 2.56. The summed E-state index contributed by atoms with van der Waals surface area (Å²) in [6, 6.07) is 22.3. The predicted octanol–water partition coefficient (Wildman–Crippen LogP) is 7.15. The van der Waals surface area contributed by atoms with Crippen molar-refractivity contribution < 1.29 is 0 Å². The zero-order chi connectivity index (χ0) is 19.0. The topological polar surface area (TPSA) is 0 Å². The number of hydrogen-bond donors (Lipinski definition) is 0. The van der Waals surface area contributed by atoms with Gasteiger partial charge in [0.15, 0.2) is 0 Å². The molecule has 3 rings (SSSR count). The smallest absolute Gasteiger partial charge is 0.0775 e. The molecule has 0 fully saturated rings. The predicted molar refractivity (Wildman–Crippen MR) is 117 cm³/mol. The van der Waals surface area contributed by atoms with Gasteiger partial charge < -0.3 is 0 Å². The van der Waals surface area contributed by atoms with E-state index < -0.39 is 8.07 Å². The highest BCUT2D eigenvalue weighted by atomic mass is 28.3. The first-order chi connectivity index (χ1) is 12.2. The van der Waals surface area contributed by atoms with Gasteiger partial charge in [-0.15, -0.1) is 0 Å². The van der Waals surface area contributed by atoms with Crippen LogP contribution in [-0.4, -0.2) is 8.07 Å². The van der Waals surface area contributed by atoms with Gasteiger partial charge in [-0.2, -0.15) is 0 Å². The van der Waals surface area contributed by atoms with Crippen LogP contribution in [0.3, 0.4) is 0 Å². The number of rotatable bonds is 4. The Balaban J connectivity index is 2.39. The van der Waals surface area contributed by atoms with Crippen molar-refractivity contribution in [1.29, 1.82) is 0 Å². The zero-order valence-corrected chi connectivity index (χ0v) is 18.1. The molecule has 2 aromatic rings. The van der Waals surface area contributed by atoms with Crippen molar-refractivity contribution in [3.05, 3.63) is 94.7 Å². The van der Waals surface area contributed by atoms with E-state index in [0.29, 0.717) is 0 Å². The maximum atomic E-state index is 2.50. The summed E-state index contributed by atoms with van der Waals surface area (Å²) in [6.07, 6.45) is 6.05. The second-order valence-corrected chi connectivity index (χ2v) is 14.5. The van der Waals surface area contributed by atoms with Crippen LogP contribution in [0.2, 0.25) is 19.6 Å². The maximum Gasteiger partial charge on any atom is 0.0775 e. The minimum atomic E-state index is -1.45. The molecule has 26 heavy (non-hydrogen) atoms. The molecule has 0 amide bonds. The van der Waals surface area contributed by atoms with E-state index in [-0.39, 0.29) is 10.8 Å². The molecule has 0 saturated heterocycles. The molecule has 0 aliphatic heterocycles. The third-order valence-electron chi connectivity index (χ3n) is 5.68. The van der Waals surface area contributed by atoms with Gasteiger partial charge in [0, 0.05) is 5.41 Å². The summed E-state index contributed by atoms with van der Waals surface area (Å²) in [5.74, 6) is 0. The second-order valence-electron chi connectivity index (χ2n) is 9.45. The van der Waals surface area contributed by atoms with E-state index in [0.717, 1.165) is 6.42 Å². The van der Waals surface area contributed by atoms with E-state index in [1.807, 2.05) is 0 Å². The summed E-state index contributed by atoms with van der Waals surface area (Å²) in [6.45, 7) is 14.6. The molecule has 2 aromatic carbocycles. The molecule has 1 aliphatic rings.